The van der Waals surface area contributed by atoms with Crippen LogP contribution in [0.3, 0.4) is 0 Å². The van der Waals surface area contributed by atoms with Crippen molar-refractivity contribution in [1.29, 1.82) is 0 Å². The summed E-state index contributed by atoms with van der Waals surface area (Å²) in [5.74, 6) is 1.94. The van der Waals surface area contributed by atoms with Crippen molar-refractivity contribution >= 4 is 11.8 Å². The van der Waals surface area contributed by atoms with Crippen LogP contribution in [0.25, 0.3) is 0 Å². The Morgan fingerprint density at radius 2 is 2.18 bits per heavy atom. The van der Waals surface area contributed by atoms with Gasteiger partial charge in [0.1, 0.15) is 0 Å². The van der Waals surface area contributed by atoms with Crippen LogP contribution in [0.2, 0.25) is 0 Å². The van der Waals surface area contributed by atoms with Crippen molar-refractivity contribution in [2.75, 3.05) is 39.5 Å². The van der Waals surface area contributed by atoms with Gasteiger partial charge in [-0.2, -0.15) is 0 Å². The largest absolute Gasteiger partial charge is 0.316 e. The van der Waals surface area contributed by atoms with E-state index in [-0.39, 0.29) is 0 Å². The van der Waals surface area contributed by atoms with Gasteiger partial charge >= 0.3 is 0 Å². The van der Waals surface area contributed by atoms with Crippen LogP contribution in [0.15, 0.2) is 29.2 Å². The van der Waals surface area contributed by atoms with E-state index < -0.39 is 0 Å². The Morgan fingerprint density at radius 3 is 3.00 bits per heavy atom. The van der Waals surface area contributed by atoms with Gasteiger partial charge in [-0.25, -0.2) is 0 Å². The van der Waals surface area contributed by atoms with E-state index in [0.717, 1.165) is 13.1 Å². The van der Waals surface area contributed by atoms with Gasteiger partial charge in [0.15, 0.2) is 0 Å². The summed E-state index contributed by atoms with van der Waals surface area (Å²) in [4.78, 5) is 3.72. The smallest absolute Gasteiger partial charge is 0.0108 e. The SMILES string of the molecule is CN(C)CCCNCC1CSc2ccccc21. The standard InChI is InChI=1S/C14H22N2S/c1-16(2)9-5-8-15-10-12-11-17-14-7-4-3-6-13(12)14/h3-4,6-7,12,15H,5,8-11H2,1-2H3. The molecule has 0 aromatic heterocycles. The van der Waals surface area contributed by atoms with Gasteiger partial charge in [0.05, 0.1) is 0 Å². The quantitative estimate of drug-likeness (QED) is 0.781. The van der Waals surface area contributed by atoms with E-state index in [2.05, 4.69) is 48.6 Å². The summed E-state index contributed by atoms with van der Waals surface area (Å²) in [7, 11) is 4.26. The molecule has 0 spiro atoms. The summed E-state index contributed by atoms with van der Waals surface area (Å²) in [6, 6.07) is 8.82. The number of fused-ring (bicyclic) bond motifs is 1. The van der Waals surface area contributed by atoms with E-state index in [1.807, 2.05) is 11.8 Å². The second-order valence-electron chi connectivity index (χ2n) is 4.91. The summed E-state index contributed by atoms with van der Waals surface area (Å²) >= 11 is 2.00. The molecular formula is C14H22N2S. The number of hydrogen-bond acceptors (Lipinski definition) is 3. The maximum atomic E-state index is 3.58. The van der Waals surface area contributed by atoms with Crippen LogP contribution < -0.4 is 5.32 Å². The average Bonchev–Trinajstić information content (AvgIpc) is 2.72. The van der Waals surface area contributed by atoms with Crippen LogP contribution in [-0.2, 0) is 0 Å². The van der Waals surface area contributed by atoms with Crippen molar-refractivity contribution in [3.63, 3.8) is 0 Å². The molecular weight excluding hydrogens is 228 g/mol. The lowest BCUT2D eigenvalue weighted by molar-refractivity contribution is 0.393. The molecule has 0 amide bonds. The number of rotatable bonds is 6. The number of nitrogens with zero attached hydrogens (tertiary/aromatic N) is 1. The maximum absolute atomic E-state index is 3.58. The highest BCUT2D eigenvalue weighted by atomic mass is 32.2. The first-order chi connectivity index (χ1) is 8.27. The topological polar surface area (TPSA) is 15.3 Å². The van der Waals surface area contributed by atoms with Crippen molar-refractivity contribution in [2.45, 2.75) is 17.2 Å². The summed E-state index contributed by atoms with van der Waals surface area (Å²) in [6.07, 6.45) is 1.23. The second-order valence-corrected chi connectivity index (χ2v) is 5.97. The Bertz CT molecular complexity index is 352. The lowest BCUT2D eigenvalue weighted by atomic mass is 10.0. The van der Waals surface area contributed by atoms with Gasteiger partial charge in [-0.05, 0) is 45.2 Å². The minimum atomic E-state index is 0.704. The van der Waals surface area contributed by atoms with E-state index in [9.17, 15) is 0 Å². The molecule has 0 fully saturated rings. The molecule has 1 heterocycles. The average molecular weight is 250 g/mol. The molecule has 1 aromatic carbocycles. The van der Waals surface area contributed by atoms with Crippen LogP contribution >= 0.6 is 11.8 Å². The van der Waals surface area contributed by atoms with E-state index in [0.29, 0.717) is 5.92 Å². The van der Waals surface area contributed by atoms with Gasteiger partial charge in [-0.3, -0.25) is 0 Å². The van der Waals surface area contributed by atoms with E-state index >= 15 is 0 Å². The molecule has 0 saturated heterocycles. The molecule has 94 valence electrons. The molecule has 0 saturated carbocycles. The number of thioether (sulfide) groups is 1. The van der Waals surface area contributed by atoms with Crippen molar-refractivity contribution in [3.8, 4) is 0 Å². The fraction of sp³-hybridized carbons (Fsp3) is 0.571. The van der Waals surface area contributed by atoms with Gasteiger partial charge in [-0.1, -0.05) is 18.2 Å². The monoisotopic (exact) mass is 250 g/mol. The second kappa shape index (κ2) is 6.43. The molecule has 0 radical (unpaired) electrons. The highest BCUT2D eigenvalue weighted by molar-refractivity contribution is 7.99. The Balaban J connectivity index is 1.71. The van der Waals surface area contributed by atoms with Crippen molar-refractivity contribution in [1.82, 2.24) is 10.2 Å². The third-order valence-electron chi connectivity index (χ3n) is 3.15. The molecule has 0 aliphatic carbocycles. The molecule has 17 heavy (non-hydrogen) atoms. The minimum absolute atomic E-state index is 0.704. The zero-order valence-corrected chi connectivity index (χ0v) is 11.6. The third-order valence-corrected chi connectivity index (χ3v) is 4.40. The van der Waals surface area contributed by atoms with Gasteiger partial charge in [0, 0.05) is 23.1 Å². The predicted octanol–water partition coefficient (Wildman–Crippen LogP) is 2.42. The highest BCUT2D eigenvalue weighted by Gasteiger charge is 2.21. The zero-order valence-electron chi connectivity index (χ0n) is 10.8. The number of nitrogens with one attached hydrogen (secondary N) is 1. The first-order valence-corrected chi connectivity index (χ1v) is 7.33. The van der Waals surface area contributed by atoms with Gasteiger partial charge < -0.3 is 10.2 Å². The van der Waals surface area contributed by atoms with Crippen LogP contribution in [0, 0.1) is 0 Å². The molecule has 3 heteroatoms. The highest BCUT2D eigenvalue weighted by Crippen LogP contribution is 2.38. The van der Waals surface area contributed by atoms with Crippen molar-refractivity contribution < 1.29 is 0 Å². The van der Waals surface area contributed by atoms with Crippen molar-refractivity contribution in [2.24, 2.45) is 0 Å². The Morgan fingerprint density at radius 1 is 1.35 bits per heavy atom. The minimum Gasteiger partial charge on any atom is -0.316 e. The van der Waals surface area contributed by atoms with E-state index in [4.69, 9.17) is 0 Å². The van der Waals surface area contributed by atoms with E-state index in [1.54, 1.807) is 0 Å². The van der Waals surface area contributed by atoms with Crippen LogP contribution in [0.4, 0.5) is 0 Å². The molecule has 0 bridgehead atoms. The number of benzene rings is 1. The summed E-state index contributed by atoms with van der Waals surface area (Å²) in [6.45, 7) is 3.42. The Hall–Kier alpha value is -0.510. The van der Waals surface area contributed by atoms with Crippen LogP contribution in [-0.4, -0.2) is 44.4 Å². The van der Waals surface area contributed by atoms with Crippen LogP contribution in [0.5, 0.6) is 0 Å². The molecule has 1 unspecified atom stereocenters. The summed E-state index contributed by atoms with van der Waals surface area (Å²) < 4.78 is 0. The fourth-order valence-electron chi connectivity index (χ4n) is 2.19. The molecule has 2 nitrogen and oxygen atoms in total. The Kier molecular flexibility index (Phi) is 4.89. The maximum Gasteiger partial charge on any atom is 0.0108 e. The molecule has 1 atom stereocenters. The first kappa shape index (κ1) is 12.9. The predicted molar refractivity (Wildman–Crippen MR) is 75.9 cm³/mol. The molecule has 1 aliphatic rings. The fourth-order valence-corrected chi connectivity index (χ4v) is 3.45. The molecule has 1 aliphatic heterocycles. The third kappa shape index (κ3) is 3.73. The lowest BCUT2D eigenvalue weighted by Crippen LogP contribution is -2.25. The molecule has 1 N–H and O–H groups in total. The van der Waals surface area contributed by atoms with Gasteiger partial charge in [0.2, 0.25) is 0 Å². The number of hydrogen-bond donors (Lipinski definition) is 1. The summed E-state index contributed by atoms with van der Waals surface area (Å²) in [5, 5.41) is 3.58. The summed E-state index contributed by atoms with van der Waals surface area (Å²) in [5.41, 5.74) is 1.54. The normalized spacial score (nSPS) is 18.6. The van der Waals surface area contributed by atoms with E-state index in [1.165, 1.54) is 29.2 Å². The molecule has 1 aromatic rings. The lowest BCUT2D eigenvalue weighted by Gasteiger charge is -2.13. The van der Waals surface area contributed by atoms with Gasteiger partial charge in [-0.15, -0.1) is 11.8 Å². The molecule has 2 rings (SSSR count). The van der Waals surface area contributed by atoms with Crippen molar-refractivity contribution in [3.05, 3.63) is 29.8 Å². The van der Waals surface area contributed by atoms with Gasteiger partial charge in [0.25, 0.3) is 0 Å². The van der Waals surface area contributed by atoms with Crippen LogP contribution in [0.1, 0.15) is 17.9 Å². The first-order valence-electron chi connectivity index (χ1n) is 6.34. The zero-order chi connectivity index (χ0) is 12.1. The Labute approximate surface area is 109 Å².